The molecule has 3 aromatic carbocycles. The number of halogens is 1. The van der Waals surface area contributed by atoms with Crippen molar-refractivity contribution in [1.29, 1.82) is 5.26 Å². The second-order valence-corrected chi connectivity index (χ2v) is 7.73. The molecule has 5 heteroatoms. The van der Waals surface area contributed by atoms with E-state index in [4.69, 9.17) is 4.74 Å². The van der Waals surface area contributed by atoms with Crippen molar-refractivity contribution in [3.63, 3.8) is 0 Å². The summed E-state index contributed by atoms with van der Waals surface area (Å²) in [6, 6.07) is 23.4. The van der Waals surface area contributed by atoms with Gasteiger partial charge in [-0.2, -0.15) is 5.26 Å². The van der Waals surface area contributed by atoms with Gasteiger partial charge in [-0.3, -0.25) is 9.36 Å². The van der Waals surface area contributed by atoms with Gasteiger partial charge in [-0.15, -0.1) is 0 Å². The fraction of sp³-hybridized carbons (Fsp3) is 0.154. The average Bonchev–Trinajstić information content (AvgIpc) is 3.63. The summed E-state index contributed by atoms with van der Waals surface area (Å²) < 4.78 is 21.6. The molecule has 0 saturated heterocycles. The maximum atomic E-state index is 14.1. The molecular formula is C26H19FN2O2. The van der Waals surface area contributed by atoms with Gasteiger partial charge in [0.1, 0.15) is 29.9 Å². The molecule has 1 aliphatic carbocycles. The minimum absolute atomic E-state index is 0.0212. The number of nitriles is 1. The van der Waals surface area contributed by atoms with E-state index in [0.29, 0.717) is 34.3 Å². The number of hydrogen-bond acceptors (Lipinski definition) is 3. The molecule has 0 aliphatic heterocycles. The number of benzene rings is 3. The van der Waals surface area contributed by atoms with Crippen LogP contribution in [0.5, 0.6) is 5.75 Å². The predicted molar refractivity (Wildman–Crippen MR) is 117 cm³/mol. The number of fused-ring (bicyclic) bond motifs is 1. The van der Waals surface area contributed by atoms with E-state index in [1.807, 2.05) is 30.3 Å². The number of hydrogen-bond donors (Lipinski definition) is 0. The average molecular weight is 410 g/mol. The first kappa shape index (κ1) is 19.1. The Morgan fingerprint density at radius 3 is 2.52 bits per heavy atom. The van der Waals surface area contributed by atoms with Crippen LogP contribution in [0.1, 0.15) is 30.1 Å². The summed E-state index contributed by atoms with van der Waals surface area (Å²) in [5.41, 5.74) is 2.23. The van der Waals surface area contributed by atoms with Gasteiger partial charge in [0.2, 0.25) is 0 Å². The van der Waals surface area contributed by atoms with Crippen LogP contribution in [0.25, 0.3) is 21.9 Å². The van der Waals surface area contributed by atoms with Crippen LogP contribution in [0.15, 0.2) is 77.6 Å². The molecule has 4 nitrogen and oxygen atoms in total. The van der Waals surface area contributed by atoms with Gasteiger partial charge < -0.3 is 4.74 Å². The third-order valence-electron chi connectivity index (χ3n) is 5.57. The fourth-order valence-electron chi connectivity index (χ4n) is 3.95. The summed E-state index contributed by atoms with van der Waals surface area (Å²) in [6.45, 7) is 0.381. The van der Waals surface area contributed by atoms with Crippen LogP contribution in [0.4, 0.5) is 4.39 Å². The van der Waals surface area contributed by atoms with E-state index in [-0.39, 0.29) is 17.3 Å². The maximum Gasteiger partial charge on any atom is 0.259 e. The molecule has 31 heavy (non-hydrogen) atoms. The van der Waals surface area contributed by atoms with Crippen molar-refractivity contribution < 1.29 is 9.13 Å². The van der Waals surface area contributed by atoms with Crippen LogP contribution >= 0.6 is 0 Å². The van der Waals surface area contributed by atoms with Crippen LogP contribution < -0.4 is 10.3 Å². The van der Waals surface area contributed by atoms with Crippen LogP contribution in [-0.4, -0.2) is 4.57 Å². The topological polar surface area (TPSA) is 55.0 Å². The third-order valence-corrected chi connectivity index (χ3v) is 5.57. The Kier molecular flexibility index (Phi) is 4.76. The summed E-state index contributed by atoms with van der Waals surface area (Å²) >= 11 is 0. The van der Waals surface area contributed by atoms with Gasteiger partial charge in [-0.1, -0.05) is 42.5 Å². The first-order chi connectivity index (χ1) is 15.2. The van der Waals surface area contributed by atoms with E-state index in [1.54, 1.807) is 34.9 Å². The summed E-state index contributed by atoms with van der Waals surface area (Å²) in [5, 5.41) is 11.1. The molecule has 1 saturated carbocycles. The Labute approximate surface area is 178 Å². The van der Waals surface area contributed by atoms with Gasteiger partial charge in [-0.05, 0) is 54.3 Å². The Bertz CT molecular complexity index is 1380. The molecule has 1 heterocycles. The van der Waals surface area contributed by atoms with Crippen LogP contribution in [0, 0.1) is 17.1 Å². The smallest absolute Gasteiger partial charge is 0.259 e. The van der Waals surface area contributed by atoms with Crippen molar-refractivity contribution >= 4 is 10.8 Å². The Morgan fingerprint density at radius 2 is 1.81 bits per heavy atom. The lowest BCUT2D eigenvalue weighted by atomic mass is 9.96. The molecular weight excluding hydrogens is 391 g/mol. The van der Waals surface area contributed by atoms with Gasteiger partial charge in [0, 0.05) is 22.4 Å². The molecule has 5 rings (SSSR count). The van der Waals surface area contributed by atoms with E-state index in [0.717, 1.165) is 18.4 Å². The summed E-state index contributed by atoms with van der Waals surface area (Å²) in [5.74, 6) is 0.191. The monoisotopic (exact) mass is 410 g/mol. The molecule has 0 bridgehead atoms. The molecule has 0 atom stereocenters. The second kappa shape index (κ2) is 7.73. The minimum Gasteiger partial charge on any atom is -0.489 e. The Balaban J connectivity index is 1.71. The largest absolute Gasteiger partial charge is 0.489 e. The molecule has 0 radical (unpaired) electrons. The van der Waals surface area contributed by atoms with Crippen molar-refractivity contribution in [3.8, 4) is 22.9 Å². The van der Waals surface area contributed by atoms with Gasteiger partial charge in [0.25, 0.3) is 5.56 Å². The van der Waals surface area contributed by atoms with Gasteiger partial charge in [-0.25, -0.2) is 4.39 Å². The molecule has 0 amide bonds. The van der Waals surface area contributed by atoms with Gasteiger partial charge >= 0.3 is 0 Å². The standard InChI is InChI=1S/C26H19FN2O2/c27-19-8-4-7-18(13-19)25-23-14-21(31-16-17-5-2-1-3-6-17)11-12-22(23)26(30)29(20-9-10-20)24(25)15-28/h1-8,11-14,20H,9-10,16H2. The highest BCUT2D eigenvalue weighted by Gasteiger charge is 2.30. The second-order valence-electron chi connectivity index (χ2n) is 7.73. The van der Waals surface area contributed by atoms with E-state index in [1.165, 1.54) is 12.1 Å². The zero-order chi connectivity index (χ0) is 21.4. The van der Waals surface area contributed by atoms with Crippen molar-refractivity contribution in [2.75, 3.05) is 0 Å². The minimum atomic E-state index is -0.393. The highest BCUT2D eigenvalue weighted by Crippen LogP contribution is 2.39. The van der Waals surface area contributed by atoms with Gasteiger partial charge in [0.05, 0.1) is 0 Å². The molecule has 1 fully saturated rings. The molecule has 1 aliphatic rings. The van der Waals surface area contributed by atoms with Crippen molar-refractivity contribution in [2.24, 2.45) is 0 Å². The lowest BCUT2D eigenvalue weighted by molar-refractivity contribution is 0.306. The fourth-order valence-corrected chi connectivity index (χ4v) is 3.95. The van der Waals surface area contributed by atoms with Crippen molar-refractivity contribution in [3.05, 3.63) is 100 Å². The van der Waals surface area contributed by atoms with E-state index in [2.05, 4.69) is 6.07 Å². The molecule has 4 aromatic rings. The number of ether oxygens (including phenoxy) is 1. The van der Waals surface area contributed by atoms with Crippen LogP contribution in [-0.2, 0) is 6.61 Å². The normalized spacial score (nSPS) is 13.2. The number of aromatic nitrogens is 1. The summed E-state index contributed by atoms with van der Waals surface area (Å²) in [4.78, 5) is 13.2. The zero-order valence-electron chi connectivity index (χ0n) is 16.7. The first-order valence-corrected chi connectivity index (χ1v) is 10.2. The van der Waals surface area contributed by atoms with Crippen LogP contribution in [0.3, 0.4) is 0 Å². The summed E-state index contributed by atoms with van der Waals surface area (Å²) in [6.07, 6.45) is 1.72. The molecule has 0 unspecified atom stereocenters. The third kappa shape index (κ3) is 3.57. The van der Waals surface area contributed by atoms with Gasteiger partial charge in [0.15, 0.2) is 0 Å². The highest BCUT2D eigenvalue weighted by molar-refractivity contribution is 5.99. The van der Waals surface area contributed by atoms with Crippen molar-refractivity contribution in [2.45, 2.75) is 25.5 Å². The molecule has 0 spiro atoms. The molecule has 0 N–H and O–H groups in total. The first-order valence-electron chi connectivity index (χ1n) is 10.2. The maximum absolute atomic E-state index is 14.1. The molecule has 1 aromatic heterocycles. The van der Waals surface area contributed by atoms with Crippen molar-refractivity contribution in [1.82, 2.24) is 4.57 Å². The summed E-state index contributed by atoms with van der Waals surface area (Å²) in [7, 11) is 0. The van der Waals surface area contributed by atoms with E-state index >= 15 is 0 Å². The SMILES string of the molecule is N#Cc1c(-c2cccc(F)c2)c2cc(OCc3ccccc3)ccc2c(=O)n1C1CC1. The Morgan fingerprint density at radius 1 is 1.00 bits per heavy atom. The van der Waals surface area contributed by atoms with E-state index in [9.17, 15) is 14.4 Å². The predicted octanol–water partition coefficient (Wildman–Crippen LogP) is 5.59. The number of pyridine rings is 1. The van der Waals surface area contributed by atoms with Crippen LogP contribution in [0.2, 0.25) is 0 Å². The Hall–Kier alpha value is -3.91. The highest BCUT2D eigenvalue weighted by atomic mass is 19.1. The molecule has 152 valence electrons. The number of nitrogens with zero attached hydrogens (tertiary/aromatic N) is 2. The van der Waals surface area contributed by atoms with E-state index < -0.39 is 5.82 Å². The zero-order valence-corrected chi connectivity index (χ0v) is 16.7. The quantitative estimate of drug-likeness (QED) is 0.431. The number of rotatable bonds is 5. The lowest BCUT2D eigenvalue weighted by Gasteiger charge is -2.16. The lowest BCUT2D eigenvalue weighted by Crippen LogP contribution is -2.23.